The van der Waals surface area contributed by atoms with Crippen molar-refractivity contribution in [1.29, 1.82) is 0 Å². The van der Waals surface area contributed by atoms with Crippen LogP contribution in [0.2, 0.25) is 0 Å². The van der Waals surface area contributed by atoms with Gasteiger partial charge in [-0.2, -0.15) is 0 Å². The molecule has 1 aliphatic heterocycles. The molecule has 0 saturated carbocycles. The van der Waals surface area contributed by atoms with Gasteiger partial charge in [0.25, 0.3) is 17.5 Å². The van der Waals surface area contributed by atoms with E-state index in [9.17, 15) is 19.7 Å². The van der Waals surface area contributed by atoms with E-state index in [0.29, 0.717) is 24.3 Å². The first kappa shape index (κ1) is 24.2. The highest BCUT2D eigenvalue weighted by Crippen LogP contribution is 2.26. The second-order valence-electron chi connectivity index (χ2n) is 8.55. The lowest BCUT2D eigenvalue weighted by molar-refractivity contribution is -0.384. The van der Waals surface area contributed by atoms with Crippen molar-refractivity contribution in [3.63, 3.8) is 0 Å². The number of nitrogens with zero attached hydrogens (tertiary/aromatic N) is 5. The van der Waals surface area contributed by atoms with Gasteiger partial charge < -0.3 is 19.7 Å². The van der Waals surface area contributed by atoms with Crippen LogP contribution in [0.4, 0.5) is 17.1 Å². The zero-order valence-electron chi connectivity index (χ0n) is 19.8. The number of hydrogen-bond donors (Lipinski definition) is 1. The average Bonchev–Trinajstić information content (AvgIpc) is 3.66. The number of rotatable bonds is 7. The van der Waals surface area contributed by atoms with Crippen molar-refractivity contribution in [3.05, 3.63) is 105 Å². The molecule has 37 heavy (non-hydrogen) atoms. The van der Waals surface area contributed by atoms with Gasteiger partial charge in [-0.15, -0.1) is 11.3 Å². The molecule has 2 amide bonds. The molecule has 10 nitrogen and oxygen atoms in total. The zero-order chi connectivity index (χ0) is 25.8. The Hall–Kier alpha value is -4.51. The molecule has 0 bridgehead atoms. The van der Waals surface area contributed by atoms with E-state index in [1.165, 1.54) is 35.6 Å². The van der Waals surface area contributed by atoms with Crippen LogP contribution in [0.15, 0.2) is 78.6 Å². The highest BCUT2D eigenvalue weighted by atomic mass is 32.1. The molecule has 0 spiro atoms. The summed E-state index contributed by atoms with van der Waals surface area (Å²) in [7, 11) is 0. The third kappa shape index (κ3) is 5.36. The summed E-state index contributed by atoms with van der Waals surface area (Å²) in [5, 5.41) is 12.9. The van der Waals surface area contributed by atoms with Crippen LogP contribution in [0.3, 0.4) is 0 Å². The quantitative estimate of drug-likeness (QED) is 0.291. The van der Waals surface area contributed by atoms with E-state index in [1.54, 1.807) is 17.4 Å². The van der Waals surface area contributed by atoms with Gasteiger partial charge in [0.05, 0.1) is 28.4 Å². The molecule has 5 rings (SSSR count). The summed E-state index contributed by atoms with van der Waals surface area (Å²) < 4.78 is 0. The van der Waals surface area contributed by atoms with Crippen LogP contribution < -0.4 is 9.80 Å². The number of H-pyrrole nitrogens is 1. The van der Waals surface area contributed by atoms with E-state index in [2.05, 4.69) is 14.9 Å². The molecule has 2 aromatic heterocycles. The number of non-ortho nitro benzene ring substituents is 1. The van der Waals surface area contributed by atoms with Crippen LogP contribution in [0.1, 0.15) is 25.7 Å². The lowest BCUT2D eigenvalue weighted by Crippen LogP contribution is -2.48. The topological polar surface area (TPSA) is 116 Å². The third-order valence-corrected chi connectivity index (χ3v) is 7.14. The molecule has 0 aliphatic carbocycles. The summed E-state index contributed by atoms with van der Waals surface area (Å²) in [5.74, 6) is -0.206. The smallest absolute Gasteiger partial charge is 0.269 e. The third-order valence-electron chi connectivity index (χ3n) is 6.28. The second-order valence-corrected chi connectivity index (χ2v) is 9.49. The van der Waals surface area contributed by atoms with Crippen LogP contribution in [0.5, 0.6) is 0 Å². The van der Waals surface area contributed by atoms with Crippen LogP contribution in [0.25, 0.3) is 0 Å². The van der Waals surface area contributed by atoms with Gasteiger partial charge in [0.1, 0.15) is 0 Å². The first-order valence-electron chi connectivity index (χ1n) is 11.7. The molecule has 0 unspecified atom stereocenters. The van der Waals surface area contributed by atoms with Crippen molar-refractivity contribution in [2.24, 2.45) is 0 Å². The van der Waals surface area contributed by atoms with Gasteiger partial charge in [0, 0.05) is 61.4 Å². The predicted octanol–water partition coefficient (Wildman–Crippen LogP) is 4.19. The maximum absolute atomic E-state index is 13.4. The van der Waals surface area contributed by atoms with Crippen LogP contribution >= 0.6 is 11.3 Å². The number of nitrogens with one attached hydrogen (secondary N) is 1. The number of imidazole rings is 1. The molecule has 2 aromatic carbocycles. The lowest BCUT2D eigenvalue weighted by atomic mass is 10.1. The van der Waals surface area contributed by atoms with Gasteiger partial charge in [0.2, 0.25) is 0 Å². The molecule has 1 N–H and O–H groups in total. The Morgan fingerprint density at radius 1 is 1.03 bits per heavy atom. The first-order chi connectivity index (χ1) is 18.0. The van der Waals surface area contributed by atoms with Crippen LogP contribution in [0, 0.1) is 10.1 Å². The molecule has 1 aliphatic rings. The minimum absolute atomic E-state index is 0.0711. The van der Waals surface area contributed by atoms with E-state index in [4.69, 9.17) is 0 Å². The Morgan fingerprint density at radius 2 is 1.76 bits per heavy atom. The van der Waals surface area contributed by atoms with Gasteiger partial charge in [-0.3, -0.25) is 19.7 Å². The number of nitro groups is 1. The molecule has 3 heterocycles. The summed E-state index contributed by atoms with van der Waals surface area (Å²) >= 11 is 1.46. The zero-order valence-corrected chi connectivity index (χ0v) is 20.6. The van der Waals surface area contributed by atoms with Crippen molar-refractivity contribution < 1.29 is 14.5 Å². The fourth-order valence-electron chi connectivity index (χ4n) is 4.27. The highest BCUT2D eigenvalue weighted by Gasteiger charge is 2.24. The maximum atomic E-state index is 13.4. The molecule has 0 atom stereocenters. The van der Waals surface area contributed by atoms with E-state index in [0.717, 1.165) is 29.3 Å². The first-order valence-corrected chi connectivity index (χ1v) is 12.6. The monoisotopic (exact) mass is 516 g/mol. The fraction of sp³-hybridized carbons (Fsp3) is 0.192. The van der Waals surface area contributed by atoms with Gasteiger partial charge in [-0.1, -0.05) is 6.07 Å². The number of aromatic amines is 1. The van der Waals surface area contributed by atoms with Gasteiger partial charge in [0.15, 0.2) is 0 Å². The Kier molecular flexibility index (Phi) is 6.95. The Balaban J connectivity index is 1.30. The number of carbonyl (C=O) groups excluding carboxylic acids is 2. The average molecular weight is 517 g/mol. The number of nitro benzene ring substituents is 1. The van der Waals surface area contributed by atoms with Crippen LogP contribution in [-0.4, -0.2) is 57.8 Å². The number of anilines is 2. The highest BCUT2D eigenvalue weighted by molar-refractivity contribution is 7.12. The van der Waals surface area contributed by atoms with Crippen LogP contribution in [-0.2, 0) is 6.54 Å². The number of hydrogen-bond acceptors (Lipinski definition) is 7. The Morgan fingerprint density at radius 3 is 2.35 bits per heavy atom. The Labute approximate surface area is 216 Å². The molecular formula is C26H24N6O4S. The fourth-order valence-corrected chi connectivity index (χ4v) is 4.96. The number of aromatic nitrogens is 2. The summed E-state index contributed by atoms with van der Waals surface area (Å²) in [6.07, 6.45) is 3.21. The van der Waals surface area contributed by atoms with Crippen molar-refractivity contribution in [2.45, 2.75) is 6.54 Å². The van der Waals surface area contributed by atoms with E-state index >= 15 is 0 Å². The van der Waals surface area contributed by atoms with E-state index in [-0.39, 0.29) is 24.0 Å². The second kappa shape index (κ2) is 10.6. The number of benzene rings is 2. The minimum atomic E-state index is -0.493. The van der Waals surface area contributed by atoms with E-state index < -0.39 is 4.92 Å². The molecule has 4 aromatic rings. The normalized spacial score (nSPS) is 13.4. The van der Waals surface area contributed by atoms with Gasteiger partial charge in [-0.05, 0) is 47.8 Å². The van der Waals surface area contributed by atoms with Crippen molar-refractivity contribution >= 4 is 40.2 Å². The molecular weight excluding hydrogens is 492 g/mol. The molecule has 11 heteroatoms. The summed E-state index contributed by atoms with van der Waals surface area (Å²) in [4.78, 5) is 50.1. The number of thiophene rings is 1. The molecule has 1 saturated heterocycles. The van der Waals surface area contributed by atoms with Crippen molar-refractivity contribution in [1.82, 2.24) is 14.9 Å². The number of amides is 2. The van der Waals surface area contributed by atoms with E-state index in [1.807, 2.05) is 46.7 Å². The SMILES string of the molecule is O=C(c1cccs1)N1CCN(c2ccc(N(Cc3cnc[nH]3)C(=O)c3ccc([N+](=O)[O-])cc3)cc2)CC1. The standard InChI is InChI=1S/C26H24N6O4S/c33-25(19-3-5-23(6-4-19)32(35)36)31(17-20-16-27-18-28-20)22-9-7-21(8-10-22)29-11-13-30(14-12-29)26(34)24-2-1-15-37-24/h1-10,15-16,18H,11-14,17H2,(H,27,28). The maximum Gasteiger partial charge on any atom is 0.269 e. The van der Waals surface area contributed by atoms with Gasteiger partial charge in [-0.25, -0.2) is 4.98 Å². The minimum Gasteiger partial charge on any atom is -0.368 e. The summed E-state index contributed by atoms with van der Waals surface area (Å²) in [6, 6.07) is 17.0. The predicted molar refractivity (Wildman–Crippen MR) is 141 cm³/mol. The number of carbonyl (C=O) groups is 2. The summed E-state index contributed by atoms with van der Waals surface area (Å²) in [5.41, 5.74) is 2.73. The van der Waals surface area contributed by atoms with Crippen molar-refractivity contribution in [2.75, 3.05) is 36.0 Å². The molecule has 1 fully saturated rings. The lowest BCUT2D eigenvalue weighted by Gasteiger charge is -2.36. The van der Waals surface area contributed by atoms with Crippen molar-refractivity contribution in [3.8, 4) is 0 Å². The largest absolute Gasteiger partial charge is 0.368 e. The molecule has 188 valence electrons. The molecule has 0 radical (unpaired) electrons. The Bertz CT molecular complexity index is 1360. The number of piperazine rings is 1. The van der Waals surface area contributed by atoms with Gasteiger partial charge >= 0.3 is 0 Å². The summed E-state index contributed by atoms with van der Waals surface area (Å²) in [6.45, 7) is 2.98.